The molecule has 5 heteroatoms. The fourth-order valence-electron chi connectivity index (χ4n) is 1.63. The Hall–Kier alpha value is -0.740. The Morgan fingerprint density at radius 2 is 1.88 bits per heavy atom. The Morgan fingerprint density at radius 1 is 1.24 bits per heavy atom. The minimum Gasteiger partial charge on any atom is -0.233 e. The molecular formula is C12H9BrClF2N. The maximum Gasteiger partial charge on any atom is 0.152 e. The predicted molar refractivity (Wildman–Crippen MR) is 68.5 cm³/mol. The van der Waals surface area contributed by atoms with Crippen LogP contribution in [0.15, 0.2) is 16.6 Å². The van der Waals surface area contributed by atoms with E-state index in [0.29, 0.717) is 5.39 Å². The highest BCUT2D eigenvalue weighted by atomic mass is 79.9. The van der Waals surface area contributed by atoms with Crippen LogP contribution in [-0.4, -0.2) is 4.98 Å². The summed E-state index contributed by atoms with van der Waals surface area (Å²) in [6, 6.07) is 2.47. The van der Waals surface area contributed by atoms with Crippen molar-refractivity contribution < 1.29 is 8.78 Å². The molecule has 0 aliphatic rings. The van der Waals surface area contributed by atoms with Gasteiger partial charge in [-0.3, -0.25) is 0 Å². The van der Waals surface area contributed by atoms with E-state index in [1.807, 2.05) is 13.8 Å². The van der Waals surface area contributed by atoms with E-state index >= 15 is 0 Å². The molecule has 0 unspecified atom stereocenters. The molecule has 1 aromatic carbocycles. The van der Waals surface area contributed by atoms with Gasteiger partial charge in [0.25, 0.3) is 0 Å². The van der Waals surface area contributed by atoms with Gasteiger partial charge in [-0.15, -0.1) is 0 Å². The lowest BCUT2D eigenvalue weighted by Crippen LogP contribution is -1.96. The smallest absolute Gasteiger partial charge is 0.152 e. The zero-order valence-electron chi connectivity index (χ0n) is 9.19. The minimum atomic E-state index is -0.710. The molecule has 1 nitrogen and oxygen atoms in total. The van der Waals surface area contributed by atoms with E-state index in [0.717, 1.165) is 11.6 Å². The maximum absolute atomic E-state index is 13.6. The number of aromatic nitrogens is 1. The first kappa shape index (κ1) is 12.7. The number of halogens is 4. The Morgan fingerprint density at radius 3 is 2.47 bits per heavy atom. The molecule has 2 rings (SSSR count). The van der Waals surface area contributed by atoms with Gasteiger partial charge in [0.05, 0.1) is 4.47 Å². The van der Waals surface area contributed by atoms with E-state index < -0.39 is 11.6 Å². The topological polar surface area (TPSA) is 12.9 Å². The van der Waals surface area contributed by atoms with Gasteiger partial charge in [0.1, 0.15) is 16.5 Å². The summed E-state index contributed by atoms with van der Waals surface area (Å²) in [4.78, 5) is 3.99. The Bertz CT molecular complexity index is 599. The lowest BCUT2D eigenvalue weighted by atomic mass is 10.0. The van der Waals surface area contributed by atoms with Gasteiger partial charge >= 0.3 is 0 Å². The molecule has 0 N–H and O–H groups in total. The van der Waals surface area contributed by atoms with Crippen LogP contribution < -0.4 is 0 Å². The van der Waals surface area contributed by atoms with Crippen LogP contribution in [0.25, 0.3) is 10.9 Å². The Labute approximate surface area is 111 Å². The standard InChI is InChI=1S/C12H9BrClF2N/c1-5(2)6-3-7-10(13)8(15)4-9(16)11(7)17-12(6)14/h3-5H,1-2H3. The molecule has 0 fully saturated rings. The summed E-state index contributed by atoms with van der Waals surface area (Å²) in [5.74, 6) is -1.22. The van der Waals surface area contributed by atoms with Crippen LogP contribution in [0.1, 0.15) is 25.3 Å². The molecular weight excluding hydrogens is 311 g/mol. The van der Waals surface area contributed by atoms with Crippen molar-refractivity contribution in [2.75, 3.05) is 0 Å². The zero-order chi connectivity index (χ0) is 12.7. The summed E-state index contributed by atoms with van der Waals surface area (Å²) >= 11 is 9.07. The van der Waals surface area contributed by atoms with Crippen LogP contribution in [0, 0.1) is 11.6 Å². The maximum atomic E-state index is 13.6. The molecule has 1 aromatic heterocycles. The van der Waals surface area contributed by atoms with Crippen molar-refractivity contribution in [1.82, 2.24) is 4.98 Å². The highest BCUT2D eigenvalue weighted by Gasteiger charge is 2.15. The highest BCUT2D eigenvalue weighted by Crippen LogP contribution is 2.33. The number of benzene rings is 1. The number of nitrogens with zero attached hydrogens (tertiary/aromatic N) is 1. The van der Waals surface area contributed by atoms with Gasteiger partial charge < -0.3 is 0 Å². The molecule has 0 saturated carbocycles. The second kappa shape index (κ2) is 4.50. The highest BCUT2D eigenvalue weighted by molar-refractivity contribution is 9.10. The van der Waals surface area contributed by atoms with Crippen LogP contribution in [-0.2, 0) is 0 Å². The van der Waals surface area contributed by atoms with Crippen molar-refractivity contribution in [2.24, 2.45) is 0 Å². The summed E-state index contributed by atoms with van der Waals surface area (Å²) in [5.41, 5.74) is 0.845. The SMILES string of the molecule is CC(C)c1cc2c(Br)c(F)cc(F)c2nc1Cl. The Balaban J connectivity index is 2.88. The molecule has 0 bridgehead atoms. The zero-order valence-corrected chi connectivity index (χ0v) is 11.5. The van der Waals surface area contributed by atoms with Crippen molar-refractivity contribution >= 4 is 38.4 Å². The molecule has 0 spiro atoms. The number of rotatable bonds is 1. The van der Waals surface area contributed by atoms with Crippen LogP contribution in [0.4, 0.5) is 8.78 Å². The van der Waals surface area contributed by atoms with Crippen LogP contribution in [0.2, 0.25) is 5.15 Å². The third-order valence-electron chi connectivity index (χ3n) is 2.55. The van der Waals surface area contributed by atoms with E-state index in [-0.39, 0.29) is 21.1 Å². The van der Waals surface area contributed by atoms with Gasteiger partial charge in [0.15, 0.2) is 5.82 Å². The van der Waals surface area contributed by atoms with E-state index in [1.165, 1.54) is 0 Å². The first-order chi connectivity index (χ1) is 7.91. The molecule has 17 heavy (non-hydrogen) atoms. The second-order valence-electron chi connectivity index (χ2n) is 4.07. The van der Waals surface area contributed by atoms with Gasteiger partial charge in [0.2, 0.25) is 0 Å². The first-order valence-corrected chi connectivity index (χ1v) is 6.22. The fourth-order valence-corrected chi connectivity index (χ4v) is 2.41. The molecule has 1 heterocycles. The van der Waals surface area contributed by atoms with Crippen molar-refractivity contribution in [3.8, 4) is 0 Å². The normalized spacial score (nSPS) is 11.5. The lowest BCUT2D eigenvalue weighted by molar-refractivity contribution is 0.586. The largest absolute Gasteiger partial charge is 0.233 e. The van der Waals surface area contributed by atoms with Gasteiger partial charge in [-0.25, -0.2) is 13.8 Å². The molecule has 2 aromatic rings. The predicted octanol–water partition coefficient (Wildman–Crippen LogP) is 5.05. The van der Waals surface area contributed by atoms with Crippen LogP contribution >= 0.6 is 27.5 Å². The minimum absolute atomic E-state index is 0.0766. The van der Waals surface area contributed by atoms with Crippen LogP contribution in [0.5, 0.6) is 0 Å². The summed E-state index contributed by atoms with van der Waals surface area (Å²) in [6.07, 6.45) is 0. The third-order valence-corrected chi connectivity index (χ3v) is 3.66. The van der Waals surface area contributed by atoms with E-state index in [2.05, 4.69) is 20.9 Å². The van der Waals surface area contributed by atoms with Crippen molar-refractivity contribution in [1.29, 1.82) is 0 Å². The van der Waals surface area contributed by atoms with Gasteiger partial charge in [-0.2, -0.15) is 0 Å². The van der Waals surface area contributed by atoms with Gasteiger partial charge in [-0.1, -0.05) is 25.4 Å². The van der Waals surface area contributed by atoms with Crippen molar-refractivity contribution in [3.05, 3.63) is 39.0 Å². The molecule has 90 valence electrons. The summed E-state index contributed by atoms with van der Waals surface area (Å²) < 4.78 is 27.2. The molecule has 0 radical (unpaired) electrons. The number of pyridine rings is 1. The van der Waals surface area contributed by atoms with E-state index in [9.17, 15) is 8.78 Å². The van der Waals surface area contributed by atoms with Crippen LogP contribution in [0.3, 0.4) is 0 Å². The van der Waals surface area contributed by atoms with E-state index in [4.69, 9.17) is 11.6 Å². The first-order valence-electron chi connectivity index (χ1n) is 5.05. The molecule has 0 aliphatic heterocycles. The number of hydrogen-bond donors (Lipinski definition) is 0. The van der Waals surface area contributed by atoms with Crippen molar-refractivity contribution in [2.45, 2.75) is 19.8 Å². The molecule has 0 amide bonds. The number of fused-ring (bicyclic) bond motifs is 1. The lowest BCUT2D eigenvalue weighted by Gasteiger charge is -2.10. The number of hydrogen-bond acceptors (Lipinski definition) is 1. The quantitative estimate of drug-likeness (QED) is 0.529. The van der Waals surface area contributed by atoms with Crippen molar-refractivity contribution in [3.63, 3.8) is 0 Å². The second-order valence-corrected chi connectivity index (χ2v) is 5.22. The molecule has 0 aliphatic carbocycles. The summed E-state index contributed by atoms with van der Waals surface area (Å²) in [6.45, 7) is 3.89. The van der Waals surface area contributed by atoms with Gasteiger partial charge in [0, 0.05) is 11.5 Å². The summed E-state index contributed by atoms with van der Waals surface area (Å²) in [5, 5.41) is 0.653. The van der Waals surface area contributed by atoms with Gasteiger partial charge in [-0.05, 0) is 33.5 Å². The molecule has 0 atom stereocenters. The summed E-state index contributed by atoms with van der Waals surface area (Å²) in [7, 11) is 0. The monoisotopic (exact) mass is 319 g/mol. The fraction of sp³-hybridized carbons (Fsp3) is 0.250. The average Bonchev–Trinajstić information content (AvgIpc) is 2.25. The third kappa shape index (κ3) is 2.16. The van der Waals surface area contributed by atoms with E-state index in [1.54, 1.807) is 6.07 Å². The average molecular weight is 321 g/mol. The Kier molecular flexibility index (Phi) is 3.36. The molecule has 0 saturated heterocycles.